The van der Waals surface area contributed by atoms with Crippen LogP contribution in [0.2, 0.25) is 0 Å². The molecule has 1 rings (SSSR count). The lowest BCUT2D eigenvalue weighted by atomic mass is 10.1. The summed E-state index contributed by atoms with van der Waals surface area (Å²) in [6.45, 7) is 6.61. The minimum absolute atomic E-state index is 0.0182. The molecule has 112 valence electrons. The molecule has 5 heteroatoms. The lowest BCUT2D eigenvalue weighted by Gasteiger charge is -2.25. The van der Waals surface area contributed by atoms with Crippen molar-refractivity contribution in [2.45, 2.75) is 32.7 Å². The quantitative estimate of drug-likeness (QED) is 0.868. The van der Waals surface area contributed by atoms with Gasteiger partial charge in [-0.05, 0) is 25.0 Å². The van der Waals surface area contributed by atoms with Crippen LogP contribution < -0.4 is 5.32 Å². The number of nitrogens with zero attached hydrogens (tertiary/aromatic N) is 2. The molecule has 0 saturated carbocycles. The highest BCUT2D eigenvalue weighted by Gasteiger charge is 2.19. The van der Waals surface area contributed by atoms with Crippen LogP contribution in [0.5, 0.6) is 0 Å². The maximum Gasteiger partial charge on any atom is 0.254 e. The molecule has 1 aromatic rings. The average molecular weight is 279 g/mol. The zero-order chi connectivity index (χ0) is 15.3. The molecular weight excluding hydrogens is 254 g/mol. The van der Waals surface area contributed by atoms with Gasteiger partial charge in [-0.1, -0.05) is 13.8 Å². The van der Waals surface area contributed by atoms with Gasteiger partial charge >= 0.3 is 0 Å². The molecule has 0 aliphatic rings. The third-order valence-electron chi connectivity index (χ3n) is 3.33. The highest BCUT2D eigenvalue weighted by Crippen LogP contribution is 2.19. The Kier molecular flexibility index (Phi) is 5.95. The second-order valence-corrected chi connectivity index (χ2v) is 5.29. The van der Waals surface area contributed by atoms with Crippen LogP contribution in [-0.4, -0.2) is 49.6 Å². The molecule has 1 N–H and O–H groups in total. The Morgan fingerprint density at radius 3 is 2.55 bits per heavy atom. The number of ether oxygens (including phenoxy) is 1. The number of rotatable bonds is 6. The van der Waals surface area contributed by atoms with Gasteiger partial charge in [0, 0.05) is 32.5 Å². The van der Waals surface area contributed by atoms with Crippen LogP contribution in [0, 0.1) is 0 Å². The van der Waals surface area contributed by atoms with Crippen LogP contribution in [0.3, 0.4) is 0 Å². The van der Waals surface area contributed by atoms with Gasteiger partial charge in [0.25, 0.3) is 5.91 Å². The number of methoxy groups -OCH3 is 1. The molecule has 0 aromatic carbocycles. The van der Waals surface area contributed by atoms with Crippen molar-refractivity contribution >= 4 is 11.7 Å². The first-order chi connectivity index (χ1) is 9.40. The van der Waals surface area contributed by atoms with Gasteiger partial charge < -0.3 is 15.0 Å². The second-order valence-electron chi connectivity index (χ2n) is 5.29. The summed E-state index contributed by atoms with van der Waals surface area (Å²) in [4.78, 5) is 18.7. The maximum atomic E-state index is 12.5. The Morgan fingerprint density at radius 2 is 2.05 bits per heavy atom. The summed E-state index contributed by atoms with van der Waals surface area (Å²) < 4.78 is 5.10. The monoisotopic (exact) mass is 279 g/mol. The zero-order valence-corrected chi connectivity index (χ0v) is 13.2. The molecule has 1 amide bonds. The number of anilines is 1. The first-order valence-corrected chi connectivity index (χ1v) is 6.86. The van der Waals surface area contributed by atoms with Gasteiger partial charge in [-0.25, -0.2) is 4.98 Å². The number of nitrogens with one attached hydrogen (secondary N) is 1. The van der Waals surface area contributed by atoms with E-state index in [9.17, 15) is 4.79 Å². The van der Waals surface area contributed by atoms with E-state index in [-0.39, 0.29) is 17.9 Å². The van der Waals surface area contributed by atoms with Crippen molar-refractivity contribution in [3.8, 4) is 0 Å². The average Bonchev–Trinajstić information content (AvgIpc) is 2.45. The number of hydrogen-bond donors (Lipinski definition) is 1. The Bertz CT molecular complexity index is 460. The van der Waals surface area contributed by atoms with E-state index in [1.54, 1.807) is 32.2 Å². The van der Waals surface area contributed by atoms with E-state index in [1.165, 1.54) is 0 Å². The van der Waals surface area contributed by atoms with E-state index in [0.29, 0.717) is 18.0 Å². The van der Waals surface area contributed by atoms with Crippen molar-refractivity contribution < 1.29 is 9.53 Å². The summed E-state index contributed by atoms with van der Waals surface area (Å²) in [5.74, 6) is 0.972. The van der Waals surface area contributed by atoms with Crippen molar-refractivity contribution in [3.63, 3.8) is 0 Å². The highest BCUT2D eigenvalue weighted by molar-refractivity contribution is 5.95. The second kappa shape index (κ2) is 7.24. The Labute approximate surface area is 121 Å². The molecular formula is C15H25N3O2. The topological polar surface area (TPSA) is 54.5 Å². The summed E-state index contributed by atoms with van der Waals surface area (Å²) >= 11 is 0. The number of likely N-dealkylation sites (N-methyl/N-ethyl adjacent to an activating group) is 1. The molecule has 20 heavy (non-hydrogen) atoms. The fraction of sp³-hybridized carbons (Fsp3) is 0.600. The van der Waals surface area contributed by atoms with Crippen LogP contribution in [0.1, 0.15) is 42.7 Å². The zero-order valence-electron chi connectivity index (χ0n) is 13.2. The molecule has 1 aromatic heterocycles. The minimum atomic E-state index is -0.0182. The van der Waals surface area contributed by atoms with Crippen LogP contribution in [0.15, 0.2) is 12.1 Å². The molecule has 1 atom stereocenters. The highest BCUT2D eigenvalue weighted by atomic mass is 16.5. The molecule has 5 nitrogen and oxygen atoms in total. The van der Waals surface area contributed by atoms with E-state index in [1.807, 2.05) is 13.0 Å². The molecule has 0 aliphatic carbocycles. The molecule has 1 heterocycles. The van der Waals surface area contributed by atoms with E-state index in [4.69, 9.17) is 4.74 Å². The van der Waals surface area contributed by atoms with Crippen molar-refractivity contribution in [2.75, 3.05) is 33.1 Å². The van der Waals surface area contributed by atoms with E-state index < -0.39 is 0 Å². The first kappa shape index (κ1) is 16.4. The van der Waals surface area contributed by atoms with Crippen molar-refractivity contribution in [1.29, 1.82) is 0 Å². The lowest BCUT2D eigenvalue weighted by molar-refractivity contribution is 0.0633. The molecule has 0 saturated heterocycles. The molecule has 0 fully saturated rings. The number of pyridine rings is 1. The first-order valence-electron chi connectivity index (χ1n) is 6.86. The van der Waals surface area contributed by atoms with Crippen molar-refractivity contribution in [2.24, 2.45) is 0 Å². The fourth-order valence-corrected chi connectivity index (χ4v) is 1.86. The van der Waals surface area contributed by atoms with Crippen LogP contribution in [-0.2, 0) is 4.74 Å². The molecule has 0 spiro atoms. The smallest absolute Gasteiger partial charge is 0.254 e. The number of carbonyl (C=O) groups is 1. The summed E-state index contributed by atoms with van der Waals surface area (Å²) in [6.07, 6.45) is 0. The maximum absolute atomic E-state index is 12.5. The SMILES string of the molecule is CNc1cc(C(=O)N(C)C(C)COC)cc(C(C)C)n1. The summed E-state index contributed by atoms with van der Waals surface area (Å²) in [7, 11) is 5.23. The number of aromatic nitrogens is 1. The van der Waals surface area contributed by atoms with Crippen LogP contribution in [0.25, 0.3) is 0 Å². The summed E-state index contributed by atoms with van der Waals surface area (Å²) in [5.41, 5.74) is 1.56. The normalized spacial score (nSPS) is 12.3. The third-order valence-corrected chi connectivity index (χ3v) is 3.33. The predicted molar refractivity (Wildman–Crippen MR) is 81.3 cm³/mol. The van der Waals surface area contributed by atoms with Crippen LogP contribution >= 0.6 is 0 Å². The minimum Gasteiger partial charge on any atom is -0.383 e. The number of carbonyl (C=O) groups excluding carboxylic acids is 1. The Hall–Kier alpha value is -1.62. The number of amides is 1. The summed E-state index contributed by atoms with van der Waals surface area (Å²) in [6, 6.07) is 3.68. The molecule has 0 radical (unpaired) electrons. The van der Waals surface area contributed by atoms with Gasteiger partial charge in [0.2, 0.25) is 0 Å². The van der Waals surface area contributed by atoms with E-state index in [2.05, 4.69) is 24.1 Å². The third kappa shape index (κ3) is 3.93. The van der Waals surface area contributed by atoms with Gasteiger partial charge in [0.15, 0.2) is 0 Å². The largest absolute Gasteiger partial charge is 0.383 e. The predicted octanol–water partition coefficient (Wildman–Crippen LogP) is 2.35. The van der Waals surface area contributed by atoms with E-state index >= 15 is 0 Å². The summed E-state index contributed by atoms with van der Waals surface area (Å²) in [5, 5.41) is 3.00. The van der Waals surface area contributed by atoms with Crippen molar-refractivity contribution in [3.05, 3.63) is 23.4 Å². The Balaban J connectivity index is 3.05. The Morgan fingerprint density at radius 1 is 1.40 bits per heavy atom. The molecule has 1 unspecified atom stereocenters. The standard InChI is InChI=1S/C15H25N3O2/c1-10(2)13-7-12(8-14(16-4)17-13)15(19)18(5)11(3)9-20-6/h7-8,10-11H,9H2,1-6H3,(H,16,17). The van der Waals surface area contributed by atoms with Crippen LogP contribution in [0.4, 0.5) is 5.82 Å². The fourth-order valence-electron chi connectivity index (χ4n) is 1.86. The van der Waals surface area contributed by atoms with Gasteiger partial charge in [-0.3, -0.25) is 4.79 Å². The molecule has 0 aliphatic heterocycles. The van der Waals surface area contributed by atoms with Gasteiger partial charge in [0.1, 0.15) is 5.82 Å². The van der Waals surface area contributed by atoms with Gasteiger partial charge in [-0.15, -0.1) is 0 Å². The van der Waals surface area contributed by atoms with Gasteiger partial charge in [-0.2, -0.15) is 0 Å². The lowest BCUT2D eigenvalue weighted by Crippen LogP contribution is -2.37. The van der Waals surface area contributed by atoms with Crippen molar-refractivity contribution in [1.82, 2.24) is 9.88 Å². The molecule has 0 bridgehead atoms. The van der Waals surface area contributed by atoms with Gasteiger partial charge in [0.05, 0.1) is 12.6 Å². The van der Waals surface area contributed by atoms with E-state index in [0.717, 1.165) is 5.69 Å². The number of hydrogen-bond acceptors (Lipinski definition) is 4.